The molecule has 0 aromatic carbocycles. The molecule has 2 aromatic heterocycles. The molecule has 1 aliphatic carbocycles. The number of amides is 1. The van der Waals surface area contributed by atoms with Crippen LogP contribution < -0.4 is 5.32 Å². The predicted molar refractivity (Wildman–Crippen MR) is 81.3 cm³/mol. The third-order valence-electron chi connectivity index (χ3n) is 4.45. The number of aromatic nitrogens is 3. The van der Waals surface area contributed by atoms with E-state index in [1.54, 1.807) is 10.7 Å². The first-order valence-corrected chi connectivity index (χ1v) is 7.69. The number of carbonyl (C=O) groups is 1. The summed E-state index contributed by atoms with van der Waals surface area (Å²) in [6.45, 7) is 6.12. The summed E-state index contributed by atoms with van der Waals surface area (Å²) in [4.78, 5) is 17.0. The van der Waals surface area contributed by atoms with Crippen molar-refractivity contribution in [2.45, 2.75) is 52.5 Å². The Labute approximate surface area is 124 Å². The largest absolute Gasteiger partial charge is 0.349 e. The van der Waals surface area contributed by atoms with Gasteiger partial charge in [-0.2, -0.15) is 5.10 Å². The number of aryl methyl sites for hydroxylation is 2. The Morgan fingerprint density at radius 1 is 1.33 bits per heavy atom. The fraction of sp³-hybridized carbons (Fsp3) is 0.562. The van der Waals surface area contributed by atoms with Gasteiger partial charge in [0, 0.05) is 17.4 Å². The molecule has 0 spiro atoms. The zero-order valence-electron chi connectivity index (χ0n) is 12.9. The van der Waals surface area contributed by atoms with Crippen molar-refractivity contribution >= 4 is 11.6 Å². The molecule has 2 aromatic rings. The maximum absolute atomic E-state index is 12.6. The molecule has 21 heavy (non-hydrogen) atoms. The summed E-state index contributed by atoms with van der Waals surface area (Å²) >= 11 is 0. The smallest absolute Gasteiger partial charge is 0.256 e. The first kappa shape index (κ1) is 14.0. The summed E-state index contributed by atoms with van der Waals surface area (Å²) in [6.07, 6.45) is 6.34. The normalized spacial score (nSPS) is 22.4. The van der Waals surface area contributed by atoms with Gasteiger partial charge in [0.1, 0.15) is 5.56 Å². The minimum atomic E-state index is -0.0544. The van der Waals surface area contributed by atoms with E-state index >= 15 is 0 Å². The minimum Gasteiger partial charge on any atom is -0.349 e. The lowest BCUT2D eigenvalue weighted by molar-refractivity contribution is 0.0912. The molecule has 0 unspecified atom stereocenters. The summed E-state index contributed by atoms with van der Waals surface area (Å²) in [5.41, 5.74) is 3.11. The van der Waals surface area contributed by atoms with Crippen LogP contribution in [-0.2, 0) is 0 Å². The van der Waals surface area contributed by atoms with Gasteiger partial charge in [0.15, 0.2) is 5.65 Å². The fourth-order valence-electron chi connectivity index (χ4n) is 3.21. The molecule has 2 atom stereocenters. The van der Waals surface area contributed by atoms with Crippen LogP contribution in [0.5, 0.6) is 0 Å². The number of hydrogen-bond acceptors (Lipinski definition) is 3. The standard InChI is InChI=1S/C16H22N4O/c1-10-6-4-5-7-14(10)19-16(21)13-9-17-20-12(3)8-11(2)18-15(13)20/h8-10,14H,4-7H2,1-3H3,(H,19,21)/t10-,14-/m1/s1. The summed E-state index contributed by atoms with van der Waals surface area (Å²) in [6, 6.07) is 2.23. The Bertz CT molecular complexity index is 676. The van der Waals surface area contributed by atoms with E-state index in [1.807, 2.05) is 19.9 Å². The summed E-state index contributed by atoms with van der Waals surface area (Å²) in [7, 11) is 0. The Kier molecular flexibility index (Phi) is 3.66. The highest BCUT2D eigenvalue weighted by atomic mass is 16.1. The first-order chi connectivity index (χ1) is 10.1. The average Bonchev–Trinajstić information content (AvgIpc) is 2.85. The van der Waals surface area contributed by atoms with Crippen molar-refractivity contribution in [3.63, 3.8) is 0 Å². The van der Waals surface area contributed by atoms with Gasteiger partial charge < -0.3 is 5.32 Å². The number of carbonyl (C=O) groups excluding carboxylic acids is 1. The number of hydrogen-bond donors (Lipinski definition) is 1. The third kappa shape index (κ3) is 2.64. The van der Waals surface area contributed by atoms with Crippen LogP contribution >= 0.6 is 0 Å². The average molecular weight is 286 g/mol. The topological polar surface area (TPSA) is 59.3 Å². The van der Waals surface area contributed by atoms with E-state index in [0.29, 0.717) is 17.1 Å². The number of nitrogens with zero attached hydrogens (tertiary/aromatic N) is 3. The quantitative estimate of drug-likeness (QED) is 0.923. The summed E-state index contributed by atoms with van der Waals surface area (Å²) in [5.74, 6) is 0.488. The lowest BCUT2D eigenvalue weighted by atomic mass is 9.86. The zero-order valence-corrected chi connectivity index (χ0v) is 12.9. The number of rotatable bonds is 2. The highest BCUT2D eigenvalue weighted by molar-refractivity contribution is 5.99. The fourth-order valence-corrected chi connectivity index (χ4v) is 3.21. The van der Waals surface area contributed by atoms with Gasteiger partial charge in [-0.05, 0) is 38.7 Å². The van der Waals surface area contributed by atoms with E-state index in [9.17, 15) is 4.79 Å². The molecule has 112 valence electrons. The van der Waals surface area contributed by atoms with E-state index in [2.05, 4.69) is 22.3 Å². The minimum absolute atomic E-state index is 0.0544. The zero-order chi connectivity index (χ0) is 15.0. The van der Waals surface area contributed by atoms with Crippen molar-refractivity contribution in [2.75, 3.05) is 0 Å². The molecule has 0 bridgehead atoms. The summed E-state index contributed by atoms with van der Waals surface area (Å²) in [5, 5.41) is 7.46. The van der Waals surface area contributed by atoms with Gasteiger partial charge in [-0.25, -0.2) is 9.50 Å². The van der Waals surface area contributed by atoms with E-state index in [1.165, 1.54) is 19.3 Å². The molecule has 1 amide bonds. The molecule has 0 saturated heterocycles. The second-order valence-corrected chi connectivity index (χ2v) is 6.17. The molecule has 1 N–H and O–H groups in total. The molecule has 3 rings (SSSR count). The molecule has 0 radical (unpaired) electrons. The number of nitrogens with one attached hydrogen (secondary N) is 1. The van der Waals surface area contributed by atoms with E-state index < -0.39 is 0 Å². The molecular formula is C16H22N4O. The van der Waals surface area contributed by atoms with Crippen LogP contribution in [0, 0.1) is 19.8 Å². The van der Waals surface area contributed by atoms with Crippen LogP contribution in [0.2, 0.25) is 0 Å². The lowest BCUT2D eigenvalue weighted by Crippen LogP contribution is -2.41. The highest BCUT2D eigenvalue weighted by Crippen LogP contribution is 2.24. The monoisotopic (exact) mass is 286 g/mol. The molecule has 1 aliphatic rings. The molecule has 1 fully saturated rings. The van der Waals surface area contributed by atoms with E-state index in [0.717, 1.165) is 17.8 Å². The van der Waals surface area contributed by atoms with Crippen LogP contribution in [0.25, 0.3) is 5.65 Å². The predicted octanol–water partition coefficient (Wildman–Crippen LogP) is 2.65. The van der Waals surface area contributed by atoms with Gasteiger partial charge in [0.05, 0.1) is 6.20 Å². The van der Waals surface area contributed by atoms with Crippen molar-refractivity contribution in [3.8, 4) is 0 Å². The van der Waals surface area contributed by atoms with Crippen molar-refractivity contribution < 1.29 is 4.79 Å². The lowest BCUT2D eigenvalue weighted by Gasteiger charge is -2.29. The van der Waals surface area contributed by atoms with Crippen molar-refractivity contribution in [1.82, 2.24) is 19.9 Å². The number of fused-ring (bicyclic) bond motifs is 1. The van der Waals surface area contributed by atoms with Gasteiger partial charge >= 0.3 is 0 Å². The molecule has 0 aliphatic heterocycles. The van der Waals surface area contributed by atoms with E-state index in [-0.39, 0.29) is 11.9 Å². The Balaban J connectivity index is 1.88. The highest BCUT2D eigenvalue weighted by Gasteiger charge is 2.25. The third-order valence-corrected chi connectivity index (χ3v) is 4.45. The Morgan fingerprint density at radius 3 is 2.86 bits per heavy atom. The molecule has 2 heterocycles. The molecule has 5 nitrogen and oxygen atoms in total. The van der Waals surface area contributed by atoms with Gasteiger partial charge in [-0.3, -0.25) is 4.79 Å². The molecule has 5 heteroatoms. The van der Waals surface area contributed by atoms with Crippen LogP contribution in [0.1, 0.15) is 54.4 Å². The Morgan fingerprint density at radius 2 is 2.10 bits per heavy atom. The first-order valence-electron chi connectivity index (χ1n) is 7.69. The second-order valence-electron chi connectivity index (χ2n) is 6.17. The van der Waals surface area contributed by atoms with Gasteiger partial charge in [-0.15, -0.1) is 0 Å². The maximum atomic E-state index is 12.6. The maximum Gasteiger partial charge on any atom is 0.256 e. The molecular weight excluding hydrogens is 264 g/mol. The second kappa shape index (κ2) is 5.47. The van der Waals surface area contributed by atoms with Crippen molar-refractivity contribution in [1.29, 1.82) is 0 Å². The van der Waals surface area contributed by atoms with Crippen molar-refractivity contribution in [2.24, 2.45) is 5.92 Å². The van der Waals surface area contributed by atoms with Gasteiger partial charge in [0.2, 0.25) is 0 Å². The van der Waals surface area contributed by atoms with Crippen LogP contribution in [0.4, 0.5) is 0 Å². The van der Waals surface area contributed by atoms with Crippen LogP contribution in [0.3, 0.4) is 0 Å². The molecule has 1 saturated carbocycles. The van der Waals surface area contributed by atoms with Crippen LogP contribution in [-0.4, -0.2) is 26.5 Å². The van der Waals surface area contributed by atoms with Gasteiger partial charge in [0.25, 0.3) is 5.91 Å². The van der Waals surface area contributed by atoms with Gasteiger partial charge in [-0.1, -0.05) is 19.8 Å². The SMILES string of the molecule is Cc1cc(C)n2ncc(C(=O)N[C@@H]3CCCC[C@H]3C)c2n1. The Hall–Kier alpha value is -1.91. The van der Waals surface area contributed by atoms with Crippen molar-refractivity contribution in [3.05, 3.63) is 29.2 Å². The summed E-state index contributed by atoms with van der Waals surface area (Å²) < 4.78 is 1.73. The van der Waals surface area contributed by atoms with E-state index in [4.69, 9.17) is 0 Å². The van der Waals surface area contributed by atoms with Crippen LogP contribution in [0.15, 0.2) is 12.3 Å².